The van der Waals surface area contributed by atoms with Crippen molar-refractivity contribution in [1.29, 1.82) is 0 Å². The molecular weight excluding hydrogens is 304 g/mol. The fourth-order valence-electron chi connectivity index (χ4n) is 2.36. The maximum Gasteiger partial charge on any atom is 0.306 e. The number of hydrogen-bond acceptors (Lipinski definition) is 4. The van der Waals surface area contributed by atoms with E-state index in [-0.39, 0.29) is 24.8 Å². The van der Waals surface area contributed by atoms with Crippen LogP contribution in [0.15, 0.2) is 12.7 Å². The number of rotatable bonds is 17. The standard InChI is InChI=1S/C20H36O4/c1-3-5-7-8-9-10-11-12-14-18-24-20(22)16-15-19(21)23-17-13-6-4-2/h4H,2-3,5-18H2,1H3. The summed E-state index contributed by atoms with van der Waals surface area (Å²) in [5.41, 5.74) is 0. The van der Waals surface area contributed by atoms with E-state index in [9.17, 15) is 9.59 Å². The monoisotopic (exact) mass is 340 g/mol. The molecular formula is C20H36O4. The highest BCUT2D eigenvalue weighted by atomic mass is 16.5. The van der Waals surface area contributed by atoms with Crippen molar-refractivity contribution in [3.63, 3.8) is 0 Å². The van der Waals surface area contributed by atoms with E-state index >= 15 is 0 Å². The van der Waals surface area contributed by atoms with Crippen LogP contribution in [0.5, 0.6) is 0 Å². The minimum Gasteiger partial charge on any atom is -0.466 e. The molecule has 0 fully saturated rings. The molecule has 0 atom stereocenters. The van der Waals surface area contributed by atoms with E-state index in [1.165, 1.54) is 44.9 Å². The van der Waals surface area contributed by atoms with Gasteiger partial charge in [0, 0.05) is 0 Å². The molecule has 0 rings (SSSR count). The number of unbranched alkanes of at least 4 members (excludes halogenated alkanes) is 9. The van der Waals surface area contributed by atoms with Crippen molar-refractivity contribution in [2.45, 2.75) is 90.4 Å². The average molecular weight is 341 g/mol. The minimum atomic E-state index is -0.334. The number of carbonyl (C=O) groups excluding carboxylic acids is 2. The Morgan fingerprint density at radius 2 is 1.21 bits per heavy atom. The van der Waals surface area contributed by atoms with Gasteiger partial charge in [0.1, 0.15) is 0 Å². The van der Waals surface area contributed by atoms with Crippen molar-refractivity contribution < 1.29 is 19.1 Å². The van der Waals surface area contributed by atoms with Crippen molar-refractivity contribution in [3.05, 3.63) is 12.7 Å². The second kappa shape index (κ2) is 18.0. The van der Waals surface area contributed by atoms with E-state index in [2.05, 4.69) is 13.5 Å². The number of ether oxygens (including phenoxy) is 2. The van der Waals surface area contributed by atoms with Crippen LogP contribution in [0, 0.1) is 0 Å². The van der Waals surface area contributed by atoms with Crippen molar-refractivity contribution in [2.24, 2.45) is 0 Å². The molecule has 0 bridgehead atoms. The fourth-order valence-corrected chi connectivity index (χ4v) is 2.36. The molecule has 0 amide bonds. The Balaban J connectivity index is 3.31. The van der Waals surface area contributed by atoms with Gasteiger partial charge in [-0.15, -0.1) is 6.58 Å². The number of carbonyl (C=O) groups is 2. The highest BCUT2D eigenvalue weighted by molar-refractivity contribution is 5.77. The van der Waals surface area contributed by atoms with Gasteiger partial charge in [0.2, 0.25) is 0 Å². The minimum absolute atomic E-state index is 0.102. The Hall–Kier alpha value is -1.32. The number of esters is 2. The molecule has 0 N–H and O–H groups in total. The summed E-state index contributed by atoms with van der Waals surface area (Å²) in [6.45, 7) is 6.68. The topological polar surface area (TPSA) is 52.6 Å². The van der Waals surface area contributed by atoms with Crippen LogP contribution >= 0.6 is 0 Å². The van der Waals surface area contributed by atoms with Crippen LogP contribution in [0.1, 0.15) is 90.4 Å². The molecule has 0 aromatic heterocycles. The normalized spacial score (nSPS) is 10.4. The van der Waals surface area contributed by atoms with E-state index < -0.39 is 0 Å². The van der Waals surface area contributed by atoms with E-state index in [0.29, 0.717) is 13.2 Å². The first-order valence-corrected chi connectivity index (χ1v) is 9.62. The summed E-state index contributed by atoms with van der Waals surface area (Å²) in [6, 6.07) is 0. The van der Waals surface area contributed by atoms with Gasteiger partial charge in [-0.1, -0.05) is 64.4 Å². The van der Waals surface area contributed by atoms with Crippen molar-refractivity contribution >= 4 is 11.9 Å². The molecule has 0 saturated carbocycles. The van der Waals surface area contributed by atoms with Gasteiger partial charge in [-0.05, 0) is 19.3 Å². The third kappa shape index (κ3) is 17.0. The van der Waals surface area contributed by atoms with Crippen LogP contribution < -0.4 is 0 Å². The first-order chi connectivity index (χ1) is 11.7. The Morgan fingerprint density at radius 3 is 1.71 bits per heavy atom. The summed E-state index contributed by atoms with van der Waals surface area (Å²) >= 11 is 0. The zero-order chi connectivity index (χ0) is 17.9. The zero-order valence-electron chi connectivity index (χ0n) is 15.5. The molecule has 0 aliphatic carbocycles. The maximum atomic E-state index is 11.5. The highest BCUT2D eigenvalue weighted by Crippen LogP contribution is 2.09. The molecule has 0 aliphatic heterocycles. The van der Waals surface area contributed by atoms with Gasteiger partial charge in [-0.2, -0.15) is 0 Å². The summed E-state index contributed by atoms with van der Waals surface area (Å²) in [5, 5.41) is 0. The number of allylic oxidation sites excluding steroid dienone is 1. The van der Waals surface area contributed by atoms with E-state index in [4.69, 9.17) is 9.47 Å². The maximum absolute atomic E-state index is 11.5. The molecule has 4 nitrogen and oxygen atoms in total. The molecule has 0 heterocycles. The van der Waals surface area contributed by atoms with Gasteiger partial charge in [0.15, 0.2) is 0 Å². The lowest BCUT2D eigenvalue weighted by atomic mass is 10.1. The molecule has 4 heteroatoms. The van der Waals surface area contributed by atoms with E-state index in [0.717, 1.165) is 25.7 Å². The van der Waals surface area contributed by atoms with Crippen molar-refractivity contribution in [3.8, 4) is 0 Å². The summed E-state index contributed by atoms with van der Waals surface area (Å²) in [6.07, 6.45) is 14.7. The van der Waals surface area contributed by atoms with Gasteiger partial charge >= 0.3 is 11.9 Å². The Labute approximate surface area is 148 Å². The van der Waals surface area contributed by atoms with Gasteiger partial charge < -0.3 is 9.47 Å². The predicted molar refractivity (Wildman–Crippen MR) is 97.8 cm³/mol. The fraction of sp³-hybridized carbons (Fsp3) is 0.800. The van der Waals surface area contributed by atoms with Crippen LogP contribution in [0.4, 0.5) is 0 Å². The number of hydrogen-bond donors (Lipinski definition) is 0. The Kier molecular flexibility index (Phi) is 17.0. The third-order valence-electron chi connectivity index (χ3n) is 3.86. The molecule has 0 saturated heterocycles. The molecule has 24 heavy (non-hydrogen) atoms. The van der Waals surface area contributed by atoms with Crippen LogP contribution in [-0.2, 0) is 19.1 Å². The second-order valence-corrected chi connectivity index (χ2v) is 6.20. The van der Waals surface area contributed by atoms with Gasteiger partial charge in [-0.3, -0.25) is 9.59 Å². The molecule has 0 aromatic rings. The second-order valence-electron chi connectivity index (χ2n) is 6.20. The largest absolute Gasteiger partial charge is 0.466 e. The molecule has 140 valence electrons. The Morgan fingerprint density at radius 1 is 0.750 bits per heavy atom. The van der Waals surface area contributed by atoms with E-state index in [1.807, 2.05) is 0 Å². The molecule has 0 radical (unpaired) electrons. The predicted octanol–water partition coefficient (Wildman–Crippen LogP) is 5.35. The molecule has 0 aliphatic rings. The van der Waals surface area contributed by atoms with Crippen molar-refractivity contribution in [2.75, 3.05) is 13.2 Å². The lowest BCUT2D eigenvalue weighted by Crippen LogP contribution is -2.11. The molecule has 0 aromatic carbocycles. The van der Waals surface area contributed by atoms with Gasteiger partial charge in [-0.25, -0.2) is 0 Å². The van der Waals surface area contributed by atoms with Crippen LogP contribution in [0.3, 0.4) is 0 Å². The first kappa shape index (κ1) is 22.7. The lowest BCUT2D eigenvalue weighted by molar-refractivity contribution is -0.150. The molecule has 0 spiro atoms. The summed E-state index contributed by atoms with van der Waals surface area (Å²) in [5.74, 6) is -0.642. The van der Waals surface area contributed by atoms with Gasteiger partial charge in [0.05, 0.1) is 26.1 Å². The van der Waals surface area contributed by atoms with Gasteiger partial charge in [0.25, 0.3) is 0 Å². The smallest absolute Gasteiger partial charge is 0.306 e. The summed E-state index contributed by atoms with van der Waals surface area (Å²) in [7, 11) is 0. The summed E-state index contributed by atoms with van der Waals surface area (Å²) in [4.78, 5) is 22.9. The highest BCUT2D eigenvalue weighted by Gasteiger charge is 2.08. The van der Waals surface area contributed by atoms with Crippen LogP contribution in [0.2, 0.25) is 0 Å². The quantitative estimate of drug-likeness (QED) is 0.203. The third-order valence-corrected chi connectivity index (χ3v) is 3.86. The SMILES string of the molecule is C=CCCCOC(=O)CCC(=O)OCCCCCCCCCCC. The lowest BCUT2D eigenvalue weighted by Gasteiger charge is -2.06. The van der Waals surface area contributed by atoms with Crippen molar-refractivity contribution in [1.82, 2.24) is 0 Å². The van der Waals surface area contributed by atoms with Crippen LogP contribution in [-0.4, -0.2) is 25.2 Å². The average Bonchev–Trinajstić information content (AvgIpc) is 2.58. The molecule has 0 unspecified atom stereocenters. The first-order valence-electron chi connectivity index (χ1n) is 9.62. The van der Waals surface area contributed by atoms with Crippen LogP contribution in [0.25, 0.3) is 0 Å². The zero-order valence-corrected chi connectivity index (χ0v) is 15.5. The van der Waals surface area contributed by atoms with E-state index in [1.54, 1.807) is 6.08 Å². The summed E-state index contributed by atoms with van der Waals surface area (Å²) < 4.78 is 10.1. The Bertz CT molecular complexity index is 326.